The van der Waals surface area contributed by atoms with Gasteiger partial charge in [-0.2, -0.15) is 10.5 Å². The molecule has 5 nitrogen and oxygen atoms in total. The predicted octanol–water partition coefficient (Wildman–Crippen LogP) is 4.71. The highest BCUT2D eigenvalue weighted by atomic mass is 32.2. The van der Waals surface area contributed by atoms with Gasteiger partial charge in [-0.1, -0.05) is 44.2 Å². The minimum Gasteiger partial charge on any atom is -0.386 e. The van der Waals surface area contributed by atoms with Gasteiger partial charge in [0.15, 0.2) is 15.0 Å². The topological polar surface area (TPSA) is 98.0 Å². The first-order valence-electron chi connectivity index (χ1n) is 10.6. The molecule has 0 bridgehead atoms. The Hall–Kier alpha value is -2.09. The summed E-state index contributed by atoms with van der Waals surface area (Å²) in [5.41, 5.74) is 7.43. The van der Waals surface area contributed by atoms with Crippen molar-refractivity contribution in [1.29, 1.82) is 10.5 Å². The van der Waals surface area contributed by atoms with Gasteiger partial charge in [-0.25, -0.2) is 4.99 Å². The van der Waals surface area contributed by atoms with Crippen LogP contribution >= 0.6 is 23.5 Å². The van der Waals surface area contributed by atoms with E-state index >= 15 is 0 Å². The minimum atomic E-state index is -1.26. The third kappa shape index (κ3) is 2.52. The van der Waals surface area contributed by atoms with Crippen molar-refractivity contribution < 1.29 is 0 Å². The number of amidine groups is 1. The van der Waals surface area contributed by atoms with Crippen molar-refractivity contribution in [2.75, 3.05) is 11.5 Å². The standard InChI is InChI=1S/C23H27N5S2/c1-3-29-23(30-4-2)22(15-25)17-12-8-9-13-18(17)27-19(16-10-6-5-7-11-16)21(22,14-24)20(26)28-23/h5-7,10-11,19,27H,3-4,8-9,12-13H2,1-2H3,(H2,26,28)/t19-,21+,22-/m1/s1. The zero-order valence-electron chi connectivity index (χ0n) is 17.4. The number of thioether (sulfide) groups is 2. The Balaban J connectivity index is 2.09. The van der Waals surface area contributed by atoms with Crippen LogP contribution in [-0.4, -0.2) is 21.5 Å². The number of hydrogen-bond acceptors (Lipinski definition) is 7. The zero-order chi connectivity index (χ0) is 21.4. The van der Waals surface area contributed by atoms with Crippen LogP contribution in [0.25, 0.3) is 0 Å². The average Bonchev–Trinajstić information content (AvgIpc) is 2.99. The van der Waals surface area contributed by atoms with E-state index < -0.39 is 21.1 Å². The first kappa shape index (κ1) is 21.2. The Kier molecular flexibility index (Phi) is 5.55. The SMILES string of the molecule is CCSC1(SCC)N=C(N)[C@]2(C#N)[C@@H](c3ccccc3)NC3=C(CCCC3)[C@@]12C#N. The fourth-order valence-electron chi connectivity index (χ4n) is 5.45. The van der Waals surface area contributed by atoms with Gasteiger partial charge in [0.25, 0.3) is 0 Å². The number of nitrogens with zero attached hydrogens (tertiary/aromatic N) is 3. The molecule has 156 valence electrons. The third-order valence-corrected chi connectivity index (χ3v) is 9.43. The highest BCUT2D eigenvalue weighted by molar-refractivity contribution is 8.18. The smallest absolute Gasteiger partial charge is 0.178 e. The molecule has 0 amide bonds. The first-order valence-corrected chi connectivity index (χ1v) is 12.5. The van der Waals surface area contributed by atoms with E-state index in [0.29, 0.717) is 0 Å². The van der Waals surface area contributed by atoms with Crippen LogP contribution in [0.2, 0.25) is 0 Å². The summed E-state index contributed by atoms with van der Waals surface area (Å²) < 4.78 is -0.821. The van der Waals surface area contributed by atoms with Gasteiger partial charge in [-0.05, 0) is 48.3 Å². The van der Waals surface area contributed by atoms with Crippen molar-refractivity contribution in [3.05, 3.63) is 47.2 Å². The molecule has 1 aromatic rings. The van der Waals surface area contributed by atoms with E-state index in [4.69, 9.17) is 10.7 Å². The number of benzene rings is 1. The molecule has 0 fully saturated rings. The highest BCUT2D eigenvalue weighted by Gasteiger charge is 2.77. The van der Waals surface area contributed by atoms with Crippen LogP contribution in [0.15, 0.2) is 46.6 Å². The maximum atomic E-state index is 10.9. The summed E-state index contributed by atoms with van der Waals surface area (Å²) in [7, 11) is 0. The Morgan fingerprint density at radius 1 is 1.10 bits per heavy atom. The fourth-order valence-corrected chi connectivity index (χ4v) is 8.69. The molecule has 4 rings (SSSR count). The van der Waals surface area contributed by atoms with E-state index in [-0.39, 0.29) is 5.84 Å². The van der Waals surface area contributed by atoms with Gasteiger partial charge in [0.05, 0.1) is 18.2 Å². The largest absolute Gasteiger partial charge is 0.386 e. The van der Waals surface area contributed by atoms with Gasteiger partial charge < -0.3 is 11.1 Å². The summed E-state index contributed by atoms with van der Waals surface area (Å²) >= 11 is 3.30. The number of aliphatic imine (C=N–C) groups is 1. The summed E-state index contributed by atoms with van der Waals surface area (Å²) in [4.78, 5) is 5.00. The van der Waals surface area contributed by atoms with E-state index in [1.54, 1.807) is 23.5 Å². The molecular formula is C23H27N5S2. The molecule has 2 aliphatic heterocycles. The number of fused-ring (bicyclic) bond motifs is 2. The third-order valence-electron chi connectivity index (χ3n) is 6.57. The monoisotopic (exact) mass is 437 g/mol. The van der Waals surface area contributed by atoms with E-state index in [9.17, 15) is 10.5 Å². The molecule has 0 unspecified atom stereocenters. The molecule has 7 heteroatoms. The van der Waals surface area contributed by atoms with Crippen LogP contribution in [0.5, 0.6) is 0 Å². The van der Waals surface area contributed by atoms with Crippen molar-refractivity contribution >= 4 is 29.4 Å². The second kappa shape index (κ2) is 7.87. The predicted molar refractivity (Wildman–Crippen MR) is 125 cm³/mol. The van der Waals surface area contributed by atoms with E-state index in [0.717, 1.165) is 54.0 Å². The molecular weight excluding hydrogens is 410 g/mol. The highest BCUT2D eigenvalue weighted by Crippen LogP contribution is 2.72. The molecule has 3 N–H and O–H groups in total. The van der Waals surface area contributed by atoms with Crippen molar-refractivity contribution in [2.45, 2.75) is 49.8 Å². The average molecular weight is 438 g/mol. The molecule has 3 atom stereocenters. The minimum absolute atomic E-state index is 0.284. The number of nitrogens with one attached hydrogen (secondary N) is 1. The number of hydrogen-bond donors (Lipinski definition) is 2. The van der Waals surface area contributed by atoms with Gasteiger partial charge in [-0.3, -0.25) is 0 Å². The van der Waals surface area contributed by atoms with Crippen LogP contribution in [0.3, 0.4) is 0 Å². The molecule has 0 saturated carbocycles. The number of nitriles is 2. The maximum Gasteiger partial charge on any atom is 0.178 e. The first-order chi connectivity index (χ1) is 14.6. The van der Waals surface area contributed by atoms with Crippen molar-refractivity contribution in [2.24, 2.45) is 21.6 Å². The Morgan fingerprint density at radius 2 is 1.77 bits per heavy atom. The Labute approximate surface area is 187 Å². The number of allylic oxidation sites excluding steroid dienone is 1. The van der Waals surface area contributed by atoms with Crippen molar-refractivity contribution in [3.63, 3.8) is 0 Å². The molecule has 1 aliphatic carbocycles. The zero-order valence-corrected chi connectivity index (χ0v) is 19.1. The van der Waals surface area contributed by atoms with Crippen LogP contribution in [-0.2, 0) is 0 Å². The normalized spacial score (nSPS) is 31.6. The van der Waals surface area contributed by atoms with Gasteiger partial charge >= 0.3 is 0 Å². The lowest BCUT2D eigenvalue weighted by molar-refractivity contribution is 0.185. The van der Waals surface area contributed by atoms with Crippen molar-refractivity contribution in [1.82, 2.24) is 5.32 Å². The maximum absolute atomic E-state index is 10.9. The Bertz CT molecular complexity index is 968. The molecule has 0 spiro atoms. The van der Waals surface area contributed by atoms with Crippen molar-refractivity contribution in [3.8, 4) is 12.1 Å². The Morgan fingerprint density at radius 3 is 2.37 bits per heavy atom. The van der Waals surface area contributed by atoms with E-state index in [1.165, 1.54) is 0 Å². The molecule has 0 aromatic heterocycles. The summed E-state index contributed by atoms with van der Waals surface area (Å²) in [6.45, 7) is 4.16. The van der Waals surface area contributed by atoms with Gasteiger partial charge in [0.1, 0.15) is 5.84 Å². The quantitative estimate of drug-likeness (QED) is 0.647. The second-order valence-corrected chi connectivity index (χ2v) is 11.1. The summed E-state index contributed by atoms with van der Waals surface area (Å²) in [6.07, 6.45) is 3.80. The number of nitrogens with two attached hydrogens (primary N) is 1. The molecule has 0 radical (unpaired) electrons. The molecule has 0 saturated heterocycles. The van der Waals surface area contributed by atoms with Gasteiger partial charge in [-0.15, -0.1) is 23.5 Å². The lowest BCUT2D eigenvalue weighted by Gasteiger charge is -2.54. The lowest BCUT2D eigenvalue weighted by Crippen LogP contribution is -2.62. The van der Waals surface area contributed by atoms with E-state index in [1.807, 2.05) is 30.3 Å². The van der Waals surface area contributed by atoms with Gasteiger partial charge in [0.2, 0.25) is 0 Å². The van der Waals surface area contributed by atoms with Crippen LogP contribution < -0.4 is 11.1 Å². The van der Waals surface area contributed by atoms with Crippen LogP contribution in [0.1, 0.15) is 51.1 Å². The second-order valence-electron chi connectivity index (χ2n) is 7.88. The van der Waals surface area contributed by atoms with Gasteiger partial charge in [0, 0.05) is 5.70 Å². The summed E-state index contributed by atoms with van der Waals surface area (Å²) in [5, 5.41) is 25.4. The fraction of sp³-hybridized carbons (Fsp3) is 0.522. The van der Waals surface area contributed by atoms with E-state index in [2.05, 4.69) is 31.3 Å². The lowest BCUT2D eigenvalue weighted by atomic mass is 9.53. The summed E-state index contributed by atoms with van der Waals surface area (Å²) in [6, 6.07) is 14.8. The van der Waals surface area contributed by atoms with Crippen LogP contribution in [0, 0.1) is 33.5 Å². The summed E-state index contributed by atoms with van der Waals surface area (Å²) in [5.74, 6) is 1.87. The molecule has 30 heavy (non-hydrogen) atoms. The molecule has 2 heterocycles. The van der Waals surface area contributed by atoms with Crippen LogP contribution in [0.4, 0.5) is 0 Å². The molecule has 3 aliphatic rings. The molecule has 1 aromatic carbocycles. The number of rotatable bonds is 5.